The molecule has 6 nitrogen and oxygen atoms in total. The second-order valence-corrected chi connectivity index (χ2v) is 6.70. The Morgan fingerprint density at radius 3 is 2.42 bits per heavy atom. The minimum atomic E-state index is -1.08. The van der Waals surface area contributed by atoms with E-state index in [4.69, 9.17) is 0 Å². The van der Waals surface area contributed by atoms with Crippen LogP contribution in [0.3, 0.4) is 0 Å². The van der Waals surface area contributed by atoms with Crippen LogP contribution in [0, 0.1) is 6.92 Å². The lowest BCUT2D eigenvalue weighted by molar-refractivity contribution is 0.0696. The van der Waals surface area contributed by atoms with E-state index in [-0.39, 0.29) is 23.8 Å². The summed E-state index contributed by atoms with van der Waals surface area (Å²) in [6.45, 7) is 1.79. The largest absolute Gasteiger partial charge is 0.478 e. The maximum Gasteiger partial charge on any atom is 0.335 e. The van der Waals surface area contributed by atoms with Crippen molar-refractivity contribution < 1.29 is 9.90 Å². The molecule has 1 N–H and O–H groups in total. The van der Waals surface area contributed by atoms with Crippen molar-refractivity contribution in [3.8, 4) is 0 Å². The van der Waals surface area contributed by atoms with E-state index in [1.165, 1.54) is 10.6 Å². The Hall–Kier alpha value is -3.15. The SMILES string of the molecule is Cc1c(C(=O)O)ccc2c1c(=O)n(Cc1ccccc1)c(=O)n2C1CC1. The van der Waals surface area contributed by atoms with Gasteiger partial charge in [-0.05, 0) is 43.0 Å². The van der Waals surface area contributed by atoms with Gasteiger partial charge in [-0.1, -0.05) is 30.3 Å². The number of nitrogens with zero attached hydrogens (tertiary/aromatic N) is 2. The standard InChI is InChI=1S/C20H18N2O4/c1-12-15(19(24)25)9-10-16-17(12)18(23)21(11-13-5-3-2-4-6-13)20(26)22(16)14-7-8-14/h2-6,9-10,14H,7-8,11H2,1H3,(H,24,25). The fraction of sp³-hybridized carbons (Fsp3) is 0.250. The van der Waals surface area contributed by atoms with Crippen molar-refractivity contribution in [2.24, 2.45) is 0 Å². The first-order valence-corrected chi connectivity index (χ1v) is 8.55. The van der Waals surface area contributed by atoms with Crippen LogP contribution in [0.4, 0.5) is 0 Å². The van der Waals surface area contributed by atoms with Crippen LogP contribution in [0.1, 0.15) is 40.4 Å². The van der Waals surface area contributed by atoms with E-state index >= 15 is 0 Å². The smallest absolute Gasteiger partial charge is 0.335 e. The molecule has 0 aliphatic heterocycles. The summed E-state index contributed by atoms with van der Waals surface area (Å²) < 4.78 is 2.87. The zero-order valence-electron chi connectivity index (χ0n) is 14.3. The van der Waals surface area contributed by atoms with Gasteiger partial charge in [0.1, 0.15) is 0 Å². The molecule has 0 bridgehead atoms. The second-order valence-electron chi connectivity index (χ2n) is 6.70. The Balaban J connectivity index is 2.06. The number of carboxylic acids is 1. The number of hydrogen-bond donors (Lipinski definition) is 1. The highest BCUT2D eigenvalue weighted by molar-refractivity contribution is 5.96. The first-order chi connectivity index (χ1) is 12.5. The van der Waals surface area contributed by atoms with Crippen molar-refractivity contribution >= 4 is 16.9 Å². The van der Waals surface area contributed by atoms with E-state index in [9.17, 15) is 19.5 Å². The predicted octanol–water partition coefficient (Wildman–Crippen LogP) is 2.55. The Morgan fingerprint density at radius 1 is 1.12 bits per heavy atom. The van der Waals surface area contributed by atoms with Gasteiger partial charge < -0.3 is 5.11 Å². The summed E-state index contributed by atoms with van der Waals surface area (Å²) in [7, 11) is 0. The van der Waals surface area contributed by atoms with Crippen molar-refractivity contribution in [1.82, 2.24) is 9.13 Å². The number of fused-ring (bicyclic) bond motifs is 1. The lowest BCUT2D eigenvalue weighted by Crippen LogP contribution is -2.40. The Kier molecular flexibility index (Phi) is 3.76. The van der Waals surface area contributed by atoms with Gasteiger partial charge in [0.05, 0.1) is 23.0 Å². The van der Waals surface area contributed by atoms with Crippen molar-refractivity contribution in [3.63, 3.8) is 0 Å². The molecule has 1 aliphatic rings. The number of hydrogen-bond acceptors (Lipinski definition) is 3. The normalized spacial score (nSPS) is 13.9. The molecule has 0 amide bonds. The van der Waals surface area contributed by atoms with Gasteiger partial charge in [-0.15, -0.1) is 0 Å². The predicted molar refractivity (Wildman–Crippen MR) is 98.0 cm³/mol. The maximum atomic E-state index is 13.1. The van der Waals surface area contributed by atoms with Crippen LogP contribution < -0.4 is 11.2 Å². The molecule has 1 fully saturated rings. The summed E-state index contributed by atoms with van der Waals surface area (Å²) in [5, 5.41) is 9.70. The molecule has 3 aromatic rings. The molecule has 1 aromatic heterocycles. The first kappa shape index (κ1) is 16.3. The summed E-state index contributed by atoms with van der Waals surface area (Å²) in [5.74, 6) is -1.08. The molecule has 4 rings (SSSR count). The molecular formula is C20H18N2O4. The van der Waals surface area contributed by atoms with Gasteiger partial charge in [0, 0.05) is 6.04 Å². The molecule has 1 aliphatic carbocycles. The van der Waals surface area contributed by atoms with Crippen LogP contribution in [0.15, 0.2) is 52.1 Å². The van der Waals surface area contributed by atoms with Gasteiger partial charge in [-0.25, -0.2) is 9.59 Å². The van der Waals surface area contributed by atoms with Crippen molar-refractivity contribution in [2.75, 3.05) is 0 Å². The molecule has 2 aromatic carbocycles. The van der Waals surface area contributed by atoms with Gasteiger partial charge in [0.25, 0.3) is 5.56 Å². The first-order valence-electron chi connectivity index (χ1n) is 8.55. The molecular weight excluding hydrogens is 332 g/mol. The monoisotopic (exact) mass is 350 g/mol. The number of carboxylic acid groups (broad SMARTS) is 1. The van der Waals surface area contributed by atoms with Crippen LogP contribution in [0.25, 0.3) is 10.9 Å². The van der Waals surface area contributed by atoms with Gasteiger partial charge in [0.2, 0.25) is 0 Å². The van der Waals surface area contributed by atoms with E-state index in [1.807, 2.05) is 30.3 Å². The number of aromatic nitrogens is 2. The summed E-state index contributed by atoms with van der Waals surface area (Å²) >= 11 is 0. The molecule has 0 radical (unpaired) electrons. The van der Waals surface area contributed by atoms with E-state index in [2.05, 4.69) is 0 Å². The maximum absolute atomic E-state index is 13.1. The van der Waals surface area contributed by atoms with Gasteiger partial charge in [-0.3, -0.25) is 13.9 Å². The highest BCUT2D eigenvalue weighted by Crippen LogP contribution is 2.35. The number of aromatic carboxylic acids is 1. The zero-order chi connectivity index (χ0) is 18.4. The van der Waals surface area contributed by atoms with Crippen molar-refractivity contribution in [2.45, 2.75) is 32.4 Å². The molecule has 0 unspecified atom stereocenters. The molecule has 6 heteroatoms. The molecule has 132 valence electrons. The highest BCUT2D eigenvalue weighted by atomic mass is 16.4. The summed E-state index contributed by atoms with van der Waals surface area (Å²) in [4.78, 5) is 37.6. The van der Waals surface area contributed by atoms with Gasteiger partial charge in [0.15, 0.2) is 0 Å². The lowest BCUT2D eigenvalue weighted by Gasteiger charge is -2.16. The van der Waals surface area contributed by atoms with Crippen LogP contribution >= 0.6 is 0 Å². The van der Waals surface area contributed by atoms with Gasteiger partial charge >= 0.3 is 11.7 Å². The lowest BCUT2D eigenvalue weighted by atomic mass is 10.0. The number of aryl methyl sites for hydroxylation is 1. The number of carbonyl (C=O) groups is 1. The number of benzene rings is 2. The topological polar surface area (TPSA) is 81.3 Å². The third kappa shape index (κ3) is 2.54. The molecule has 26 heavy (non-hydrogen) atoms. The van der Waals surface area contributed by atoms with Gasteiger partial charge in [-0.2, -0.15) is 0 Å². The Labute approximate surface area is 148 Å². The van der Waals surface area contributed by atoms with E-state index < -0.39 is 11.5 Å². The Bertz CT molecular complexity index is 1140. The Morgan fingerprint density at radius 2 is 1.81 bits per heavy atom. The second kappa shape index (κ2) is 5.98. The zero-order valence-corrected chi connectivity index (χ0v) is 14.3. The van der Waals surface area contributed by atoms with E-state index in [1.54, 1.807) is 17.6 Å². The fourth-order valence-electron chi connectivity index (χ4n) is 3.45. The molecule has 0 spiro atoms. The molecule has 0 saturated heterocycles. The van der Waals surface area contributed by atoms with E-state index in [0.717, 1.165) is 18.4 Å². The molecule has 0 atom stereocenters. The average molecular weight is 350 g/mol. The molecule has 1 heterocycles. The van der Waals surface area contributed by atoms with Crippen LogP contribution in [0.5, 0.6) is 0 Å². The third-order valence-corrected chi connectivity index (χ3v) is 4.92. The van der Waals surface area contributed by atoms with Crippen molar-refractivity contribution in [3.05, 3.63) is 80.0 Å². The fourth-order valence-corrected chi connectivity index (χ4v) is 3.45. The minimum Gasteiger partial charge on any atom is -0.478 e. The quantitative estimate of drug-likeness (QED) is 0.784. The summed E-state index contributed by atoms with van der Waals surface area (Å²) in [6, 6.07) is 12.4. The summed E-state index contributed by atoms with van der Waals surface area (Å²) in [5.41, 5.74) is 1.08. The van der Waals surface area contributed by atoms with Crippen molar-refractivity contribution in [1.29, 1.82) is 0 Å². The highest BCUT2D eigenvalue weighted by Gasteiger charge is 2.29. The summed E-state index contributed by atoms with van der Waals surface area (Å²) in [6.07, 6.45) is 1.77. The molecule has 1 saturated carbocycles. The van der Waals surface area contributed by atoms with E-state index in [0.29, 0.717) is 16.5 Å². The minimum absolute atomic E-state index is 0.0719. The van der Waals surface area contributed by atoms with Crippen LogP contribution in [-0.4, -0.2) is 20.2 Å². The number of rotatable bonds is 4. The van der Waals surface area contributed by atoms with Crippen LogP contribution in [-0.2, 0) is 6.54 Å². The average Bonchev–Trinajstić information content (AvgIpc) is 3.44. The van der Waals surface area contributed by atoms with Crippen LogP contribution in [0.2, 0.25) is 0 Å². The third-order valence-electron chi connectivity index (χ3n) is 4.92.